The lowest BCUT2D eigenvalue weighted by Crippen LogP contribution is -2.13. The van der Waals surface area contributed by atoms with E-state index in [4.69, 9.17) is 4.74 Å². The predicted molar refractivity (Wildman–Crippen MR) is 116 cm³/mol. The molecule has 0 amide bonds. The fraction of sp³-hybridized carbons (Fsp3) is 0.462. The standard InChI is InChI=1S/C26H32F2O/c1-3-5-7-19-8-10-20(11-9-19)21-12-14-22(15-13-21)23-16-17-24(26(28)25(23)27)29-18-6-4-2/h4,12-17,19-20H,2-3,5-11,18H2,1H3. The number of unbranched alkanes of at least 4 members (excludes halogenated alkanes) is 1. The Bertz CT molecular complexity index is 789. The van der Waals surface area contributed by atoms with E-state index in [-0.39, 0.29) is 17.9 Å². The molecular weight excluding hydrogens is 366 g/mol. The SMILES string of the molecule is C=CCCOc1ccc(-c2ccc(C3CCC(CCCC)CC3)cc2)c(F)c1F. The molecule has 0 radical (unpaired) electrons. The summed E-state index contributed by atoms with van der Waals surface area (Å²) < 4.78 is 34.2. The fourth-order valence-corrected chi connectivity index (χ4v) is 4.33. The molecule has 29 heavy (non-hydrogen) atoms. The third-order valence-electron chi connectivity index (χ3n) is 6.13. The van der Waals surface area contributed by atoms with Crippen LogP contribution in [0, 0.1) is 17.6 Å². The van der Waals surface area contributed by atoms with E-state index in [9.17, 15) is 8.78 Å². The van der Waals surface area contributed by atoms with E-state index < -0.39 is 11.6 Å². The first-order valence-electron chi connectivity index (χ1n) is 11.0. The molecule has 0 N–H and O–H groups in total. The first-order valence-corrected chi connectivity index (χ1v) is 11.0. The first-order chi connectivity index (χ1) is 14.1. The average molecular weight is 399 g/mol. The normalized spacial score (nSPS) is 19.1. The van der Waals surface area contributed by atoms with Crippen molar-refractivity contribution in [1.82, 2.24) is 0 Å². The molecule has 1 aliphatic carbocycles. The Morgan fingerprint density at radius 1 is 1.00 bits per heavy atom. The van der Waals surface area contributed by atoms with Crippen molar-refractivity contribution in [2.45, 2.75) is 64.2 Å². The third-order valence-corrected chi connectivity index (χ3v) is 6.13. The summed E-state index contributed by atoms with van der Waals surface area (Å²) >= 11 is 0. The van der Waals surface area contributed by atoms with Gasteiger partial charge in [-0.3, -0.25) is 0 Å². The van der Waals surface area contributed by atoms with E-state index in [0.717, 1.165) is 5.92 Å². The maximum Gasteiger partial charge on any atom is 0.201 e. The molecule has 0 unspecified atom stereocenters. The van der Waals surface area contributed by atoms with Gasteiger partial charge >= 0.3 is 0 Å². The highest BCUT2D eigenvalue weighted by Gasteiger charge is 2.22. The second-order valence-corrected chi connectivity index (χ2v) is 8.15. The van der Waals surface area contributed by atoms with E-state index in [0.29, 0.717) is 17.9 Å². The monoisotopic (exact) mass is 398 g/mol. The van der Waals surface area contributed by atoms with Crippen molar-refractivity contribution in [3.8, 4) is 16.9 Å². The van der Waals surface area contributed by atoms with Gasteiger partial charge in [-0.1, -0.05) is 56.5 Å². The van der Waals surface area contributed by atoms with Crippen LogP contribution in [-0.4, -0.2) is 6.61 Å². The summed E-state index contributed by atoms with van der Waals surface area (Å²) in [6.07, 6.45) is 11.3. The molecule has 2 aromatic carbocycles. The van der Waals surface area contributed by atoms with Crippen molar-refractivity contribution in [3.05, 3.63) is 66.3 Å². The minimum absolute atomic E-state index is 0.0513. The Morgan fingerprint density at radius 2 is 1.72 bits per heavy atom. The van der Waals surface area contributed by atoms with Crippen molar-refractivity contribution in [2.75, 3.05) is 6.61 Å². The Kier molecular flexibility index (Phi) is 7.85. The van der Waals surface area contributed by atoms with Crippen LogP contribution in [0.2, 0.25) is 0 Å². The van der Waals surface area contributed by atoms with Crippen molar-refractivity contribution in [3.63, 3.8) is 0 Å². The first kappa shape index (κ1) is 21.5. The summed E-state index contributed by atoms with van der Waals surface area (Å²) in [7, 11) is 0. The van der Waals surface area contributed by atoms with Gasteiger partial charge in [0.2, 0.25) is 5.82 Å². The van der Waals surface area contributed by atoms with Crippen LogP contribution in [0.5, 0.6) is 5.75 Å². The van der Waals surface area contributed by atoms with E-state index in [1.165, 1.54) is 56.6 Å². The lowest BCUT2D eigenvalue weighted by atomic mass is 9.77. The second-order valence-electron chi connectivity index (χ2n) is 8.15. The highest BCUT2D eigenvalue weighted by atomic mass is 19.2. The summed E-state index contributed by atoms with van der Waals surface area (Å²) in [5, 5.41) is 0. The van der Waals surface area contributed by atoms with Crippen LogP contribution in [0.3, 0.4) is 0 Å². The van der Waals surface area contributed by atoms with E-state index >= 15 is 0 Å². The third kappa shape index (κ3) is 5.46. The molecule has 1 fully saturated rings. The van der Waals surface area contributed by atoms with E-state index in [1.54, 1.807) is 12.1 Å². The Labute approximate surface area is 173 Å². The van der Waals surface area contributed by atoms with Crippen molar-refractivity contribution in [2.24, 2.45) is 5.92 Å². The minimum Gasteiger partial charge on any atom is -0.490 e. The zero-order chi connectivity index (χ0) is 20.6. The number of hydrogen-bond donors (Lipinski definition) is 0. The van der Waals surface area contributed by atoms with Gasteiger partial charge in [0, 0.05) is 5.56 Å². The Hall–Kier alpha value is -2.16. The number of ether oxygens (including phenoxy) is 1. The van der Waals surface area contributed by atoms with Gasteiger partial charge in [-0.2, -0.15) is 4.39 Å². The highest BCUT2D eigenvalue weighted by Crippen LogP contribution is 2.38. The Morgan fingerprint density at radius 3 is 2.38 bits per heavy atom. The van der Waals surface area contributed by atoms with Crippen LogP contribution < -0.4 is 4.74 Å². The molecule has 0 atom stereocenters. The molecule has 0 saturated heterocycles. The van der Waals surface area contributed by atoms with Crippen molar-refractivity contribution in [1.29, 1.82) is 0 Å². The van der Waals surface area contributed by atoms with Gasteiger partial charge in [-0.15, -0.1) is 6.58 Å². The molecule has 1 aliphatic rings. The zero-order valence-corrected chi connectivity index (χ0v) is 17.4. The van der Waals surface area contributed by atoms with Crippen LogP contribution in [0.25, 0.3) is 11.1 Å². The van der Waals surface area contributed by atoms with Gasteiger partial charge < -0.3 is 4.74 Å². The largest absolute Gasteiger partial charge is 0.490 e. The van der Waals surface area contributed by atoms with Gasteiger partial charge in [0.25, 0.3) is 0 Å². The maximum absolute atomic E-state index is 14.6. The quantitative estimate of drug-likeness (QED) is 0.307. The van der Waals surface area contributed by atoms with E-state index in [1.807, 2.05) is 12.1 Å². The van der Waals surface area contributed by atoms with Crippen LogP contribution in [-0.2, 0) is 0 Å². The van der Waals surface area contributed by atoms with E-state index in [2.05, 4.69) is 25.6 Å². The highest BCUT2D eigenvalue weighted by molar-refractivity contribution is 5.65. The molecule has 1 saturated carbocycles. The Balaban J connectivity index is 1.66. The van der Waals surface area contributed by atoms with Gasteiger partial charge in [-0.05, 0) is 67.2 Å². The molecule has 2 aromatic rings. The summed E-state index contributed by atoms with van der Waals surface area (Å²) in [5.74, 6) is -0.366. The van der Waals surface area contributed by atoms with Gasteiger partial charge in [0.05, 0.1) is 6.61 Å². The smallest absolute Gasteiger partial charge is 0.201 e. The van der Waals surface area contributed by atoms with Crippen molar-refractivity contribution >= 4 is 0 Å². The molecular formula is C26H32F2O. The lowest BCUT2D eigenvalue weighted by molar-refractivity contribution is 0.302. The topological polar surface area (TPSA) is 9.23 Å². The minimum atomic E-state index is -0.930. The summed E-state index contributed by atoms with van der Waals surface area (Å²) in [5.41, 5.74) is 2.28. The maximum atomic E-state index is 14.6. The summed E-state index contributed by atoms with van der Waals surface area (Å²) in [6, 6.07) is 11.1. The molecule has 0 aliphatic heterocycles. The molecule has 156 valence electrons. The van der Waals surface area contributed by atoms with Gasteiger partial charge in [0.15, 0.2) is 11.6 Å². The molecule has 3 rings (SSSR count). The molecule has 3 heteroatoms. The average Bonchev–Trinajstić information content (AvgIpc) is 2.76. The molecule has 0 aromatic heterocycles. The predicted octanol–water partition coefficient (Wildman–Crippen LogP) is 8.05. The van der Waals surface area contributed by atoms with Crippen LogP contribution >= 0.6 is 0 Å². The molecule has 0 bridgehead atoms. The summed E-state index contributed by atoms with van der Waals surface area (Å²) in [4.78, 5) is 0. The van der Waals surface area contributed by atoms with Crippen molar-refractivity contribution < 1.29 is 13.5 Å². The van der Waals surface area contributed by atoms with Gasteiger partial charge in [-0.25, -0.2) is 4.39 Å². The number of rotatable bonds is 9. The van der Waals surface area contributed by atoms with Gasteiger partial charge in [0.1, 0.15) is 0 Å². The summed E-state index contributed by atoms with van der Waals surface area (Å²) in [6.45, 7) is 6.14. The number of halogens is 2. The number of benzene rings is 2. The van der Waals surface area contributed by atoms with Crippen LogP contribution in [0.15, 0.2) is 49.1 Å². The molecule has 1 nitrogen and oxygen atoms in total. The fourth-order valence-electron chi connectivity index (χ4n) is 4.33. The van der Waals surface area contributed by atoms with Crippen LogP contribution in [0.4, 0.5) is 8.78 Å². The lowest BCUT2D eigenvalue weighted by Gasteiger charge is -2.29. The molecule has 0 spiro atoms. The zero-order valence-electron chi connectivity index (χ0n) is 17.4. The number of hydrogen-bond acceptors (Lipinski definition) is 1. The second kappa shape index (κ2) is 10.6. The van der Waals surface area contributed by atoms with Crippen LogP contribution in [0.1, 0.15) is 69.8 Å². The molecule has 0 heterocycles.